The van der Waals surface area contributed by atoms with Crippen LogP contribution in [-0.4, -0.2) is 29.5 Å². The highest BCUT2D eigenvalue weighted by Crippen LogP contribution is 2.26. The first-order chi connectivity index (χ1) is 15.4. The smallest absolute Gasteiger partial charge is 0.266 e. The van der Waals surface area contributed by atoms with Crippen LogP contribution in [0, 0.1) is 17.5 Å². The molecule has 11 heteroatoms. The first kappa shape index (κ1) is 19.7. The fourth-order valence-corrected chi connectivity index (χ4v) is 3.52. The van der Waals surface area contributed by atoms with Crippen molar-refractivity contribution in [2.24, 2.45) is 0 Å². The Morgan fingerprint density at radius 1 is 1.06 bits per heavy atom. The number of hydrogen-bond acceptors (Lipinski definition) is 6. The van der Waals surface area contributed by atoms with E-state index in [1.165, 1.54) is 24.8 Å². The van der Waals surface area contributed by atoms with Gasteiger partial charge in [0.05, 0.1) is 23.3 Å². The van der Waals surface area contributed by atoms with Gasteiger partial charge in [0.15, 0.2) is 11.5 Å². The van der Waals surface area contributed by atoms with E-state index in [0.29, 0.717) is 17.0 Å². The molecule has 3 aromatic heterocycles. The van der Waals surface area contributed by atoms with Crippen molar-refractivity contribution in [1.29, 1.82) is 0 Å². The molecule has 160 valence electrons. The third kappa shape index (κ3) is 3.14. The number of nitrogens with one attached hydrogen (secondary N) is 2. The van der Waals surface area contributed by atoms with Gasteiger partial charge in [0.2, 0.25) is 0 Å². The van der Waals surface area contributed by atoms with Crippen LogP contribution in [-0.2, 0) is 0 Å². The topological polar surface area (TPSA) is 101 Å². The summed E-state index contributed by atoms with van der Waals surface area (Å²) in [6, 6.07) is 5.96. The number of aromatic amines is 1. The van der Waals surface area contributed by atoms with Crippen LogP contribution in [0.1, 0.15) is 18.8 Å². The minimum absolute atomic E-state index is 0.000376. The SMILES string of the molecule is C[C@H](Nc1ncnc2[nH]cnc12)c1nc2ccc(F)cc2c(=O)n1-c1c(F)cccc1F. The molecule has 1 atom stereocenters. The molecule has 0 aliphatic heterocycles. The van der Waals surface area contributed by atoms with Crippen LogP contribution in [0.2, 0.25) is 0 Å². The molecule has 8 nitrogen and oxygen atoms in total. The predicted molar refractivity (Wildman–Crippen MR) is 111 cm³/mol. The van der Waals surface area contributed by atoms with Crippen molar-refractivity contribution in [3.63, 3.8) is 0 Å². The number of para-hydroxylation sites is 1. The minimum Gasteiger partial charge on any atom is -0.358 e. The first-order valence-electron chi connectivity index (χ1n) is 9.51. The number of nitrogens with zero attached hydrogens (tertiary/aromatic N) is 5. The van der Waals surface area contributed by atoms with Crippen molar-refractivity contribution in [1.82, 2.24) is 29.5 Å². The Hall–Kier alpha value is -4.28. The number of hydrogen-bond donors (Lipinski definition) is 2. The van der Waals surface area contributed by atoms with Crippen LogP contribution in [0.25, 0.3) is 27.8 Å². The predicted octanol–water partition coefficient (Wildman–Crippen LogP) is 3.64. The number of aromatic nitrogens is 6. The molecule has 0 spiro atoms. The lowest BCUT2D eigenvalue weighted by Crippen LogP contribution is -2.29. The third-order valence-corrected chi connectivity index (χ3v) is 4.98. The average Bonchev–Trinajstić information content (AvgIpc) is 3.25. The molecule has 5 rings (SSSR count). The molecule has 2 aromatic carbocycles. The van der Waals surface area contributed by atoms with Gasteiger partial charge in [-0.15, -0.1) is 0 Å². The molecule has 0 unspecified atom stereocenters. The molecule has 5 aromatic rings. The summed E-state index contributed by atoms with van der Waals surface area (Å²) in [6.07, 6.45) is 2.76. The van der Waals surface area contributed by atoms with E-state index in [1.54, 1.807) is 6.92 Å². The summed E-state index contributed by atoms with van der Waals surface area (Å²) < 4.78 is 44.0. The molecule has 0 bridgehead atoms. The van der Waals surface area contributed by atoms with E-state index in [1.807, 2.05) is 0 Å². The maximum atomic E-state index is 14.7. The highest BCUT2D eigenvalue weighted by Gasteiger charge is 2.23. The second kappa shape index (κ2) is 7.45. The van der Waals surface area contributed by atoms with Gasteiger partial charge in [0.1, 0.15) is 40.8 Å². The van der Waals surface area contributed by atoms with Gasteiger partial charge < -0.3 is 10.3 Å². The van der Waals surface area contributed by atoms with Crippen molar-refractivity contribution in [3.8, 4) is 5.69 Å². The summed E-state index contributed by atoms with van der Waals surface area (Å²) in [4.78, 5) is 32.9. The Kier molecular flexibility index (Phi) is 4.58. The van der Waals surface area contributed by atoms with E-state index in [2.05, 4.69) is 30.2 Å². The van der Waals surface area contributed by atoms with Crippen LogP contribution < -0.4 is 10.9 Å². The summed E-state index contributed by atoms with van der Waals surface area (Å²) in [5.41, 5.74) is -0.315. The molecule has 32 heavy (non-hydrogen) atoms. The fraction of sp³-hybridized carbons (Fsp3) is 0.0952. The maximum Gasteiger partial charge on any atom is 0.266 e. The molecule has 0 amide bonds. The molecular weight excluding hydrogens is 423 g/mol. The van der Waals surface area contributed by atoms with E-state index >= 15 is 0 Å². The number of rotatable bonds is 4. The Bertz CT molecular complexity index is 1530. The number of fused-ring (bicyclic) bond motifs is 2. The molecule has 0 aliphatic rings. The van der Waals surface area contributed by atoms with Crippen molar-refractivity contribution >= 4 is 27.9 Å². The van der Waals surface area contributed by atoms with Crippen molar-refractivity contribution in [2.45, 2.75) is 13.0 Å². The lowest BCUT2D eigenvalue weighted by atomic mass is 10.2. The molecule has 0 radical (unpaired) electrons. The Balaban J connectivity index is 1.75. The van der Waals surface area contributed by atoms with E-state index in [4.69, 9.17) is 0 Å². The number of halogens is 3. The monoisotopic (exact) mass is 437 g/mol. The quantitative estimate of drug-likeness (QED) is 0.445. The van der Waals surface area contributed by atoms with Crippen LogP contribution >= 0.6 is 0 Å². The zero-order chi connectivity index (χ0) is 22.4. The Morgan fingerprint density at radius 3 is 2.62 bits per heavy atom. The van der Waals surface area contributed by atoms with Gasteiger partial charge in [0.25, 0.3) is 5.56 Å². The Labute approximate surface area is 177 Å². The lowest BCUT2D eigenvalue weighted by Gasteiger charge is -2.20. The summed E-state index contributed by atoms with van der Waals surface area (Å²) in [7, 11) is 0. The fourth-order valence-electron chi connectivity index (χ4n) is 3.52. The maximum absolute atomic E-state index is 14.7. The highest BCUT2D eigenvalue weighted by atomic mass is 19.1. The molecular formula is C21H14F3N7O. The van der Waals surface area contributed by atoms with Crippen LogP contribution in [0.5, 0.6) is 0 Å². The van der Waals surface area contributed by atoms with Gasteiger partial charge in [-0.2, -0.15) is 0 Å². The van der Waals surface area contributed by atoms with Crippen LogP contribution in [0.3, 0.4) is 0 Å². The van der Waals surface area contributed by atoms with Crippen molar-refractivity contribution in [3.05, 3.63) is 82.7 Å². The highest BCUT2D eigenvalue weighted by molar-refractivity contribution is 5.82. The number of benzene rings is 2. The Morgan fingerprint density at radius 2 is 1.84 bits per heavy atom. The van der Waals surface area contributed by atoms with Gasteiger partial charge in [-0.1, -0.05) is 6.07 Å². The van der Waals surface area contributed by atoms with Crippen molar-refractivity contribution in [2.75, 3.05) is 5.32 Å². The zero-order valence-corrected chi connectivity index (χ0v) is 16.5. The molecule has 0 saturated heterocycles. The largest absolute Gasteiger partial charge is 0.358 e. The van der Waals surface area contributed by atoms with Crippen LogP contribution in [0.15, 0.2) is 53.8 Å². The summed E-state index contributed by atoms with van der Waals surface area (Å²) in [5.74, 6) is -2.26. The standard InChI is InChI=1S/C21H14F3N7O/c1-10(29-19-16-18(26-8-25-16)27-9-28-19)20-30-15-6-5-11(22)7-12(15)21(32)31(20)17-13(23)3-2-4-14(17)24/h2-10H,1H3,(H2,25,26,27,28,29)/t10-/m0/s1. The van der Waals surface area contributed by atoms with E-state index in [-0.39, 0.29) is 16.7 Å². The van der Waals surface area contributed by atoms with Gasteiger partial charge in [-0.3, -0.25) is 9.36 Å². The van der Waals surface area contributed by atoms with Gasteiger partial charge in [-0.25, -0.2) is 33.1 Å². The normalized spacial score (nSPS) is 12.4. The molecule has 0 aliphatic carbocycles. The second-order valence-corrected chi connectivity index (χ2v) is 7.03. The summed E-state index contributed by atoms with van der Waals surface area (Å²) in [6.45, 7) is 1.65. The van der Waals surface area contributed by atoms with Crippen LogP contribution in [0.4, 0.5) is 19.0 Å². The summed E-state index contributed by atoms with van der Waals surface area (Å²) in [5, 5.41) is 2.95. The lowest BCUT2D eigenvalue weighted by molar-refractivity contribution is 0.557. The van der Waals surface area contributed by atoms with Gasteiger partial charge >= 0.3 is 0 Å². The molecule has 0 fully saturated rings. The first-order valence-corrected chi connectivity index (χ1v) is 9.51. The summed E-state index contributed by atoms with van der Waals surface area (Å²) >= 11 is 0. The third-order valence-electron chi connectivity index (χ3n) is 4.98. The minimum atomic E-state index is -0.963. The molecule has 3 heterocycles. The molecule has 2 N–H and O–H groups in total. The van der Waals surface area contributed by atoms with Gasteiger partial charge in [0, 0.05) is 0 Å². The zero-order valence-electron chi connectivity index (χ0n) is 16.5. The van der Waals surface area contributed by atoms with E-state index in [9.17, 15) is 18.0 Å². The second-order valence-electron chi connectivity index (χ2n) is 7.03. The number of anilines is 1. The van der Waals surface area contributed by atoms with Crippen molar-refractivity contribution < 1.29 is 13.2 Å². The van der Waals surface area contributed by atoms with E-state index < -0.39 is 34.7 Å². The average molecular weight is 437 g/mol. The molecule has 0 saturated carbocycles. The number of H-pyrrole nitrogens is 1. The van der Waals surface area contributed by atoms with Gasteiger partial charge in [-0.05, 0) is 37.3 Å². The van der Waals surface area contributed by atoms with E-state index in [0.717, 1.165) is 28.8 Å². The number of imidazole rings is 1.